The highest BCUT2D eigenvalue weighted by molar-refractivity contribution is 5.29. The van der Waals surface area contributed by atoms with Crippen LogP contribution in [0, 0.1) is 0 Å². The van der Waals surface area contributed by atoms with Crippen molar-refractivity contribution in [1.29, 1.82) is 0 Å². The molecule has 0 radical (unpaired) electrons. The fraction of sp³-hybridized carbons (Fsp3) is 0.882. The van der Waals surface area contributed by atoms with Gasteiger partial charge in [0.15, 0.2) is 5.82 Å². The molecule has 1 aromatic heterocycles. The van der Waals surface area contributed by atoms with Gasteiger partial charge in [-0.1, -0.05) is 38.3 Å². The highest BCUT2D eigenvalue weighted by Crippen LogP contribution is 2.27. The molecule has 126 valence electrons. The van der Waals surface area contributed by atoms with E-state index in [0.717, 1.165) is 18.8 Å². The summed E-state index contributed by atoms with van der Waals surface area (Å²) in [6.45, 7) is 9.09. The van der Waals surface area contributed by atoms with Gasteiger partial charge in [-0.25, -0.2) is 4.68 Å². The van der Waals surface area contributed by atoms with E-state index in [1.165, 1.54) is 64.6 Å². The SMILES string of the molecule is CCCN(CCC)CCCNc1cn(C2CCCCC2)nn1. The number of nitrogens with one attached hydrogen (secondary N) is 1. The van der Waals surface area contributed by atoms with E-state index in [1.54, 1.807) is 0 Å². The Balaban J connectivity index is 1.67. The van der Waals surface area contributed by atoms with Gasteiger partial charge in [-0.05, 0) is 51.7 Å². The van der Waals surface area contributed by atoms with Crippen LogP contribution in [0.1, 0.15) is 71.3 Å². The fourth-order valence-corrected chi connectivity index (χ4v) is 3.37. The maximum atomic E-state index is 4.31. The molecule has 0 unspecified atom stereocenters. The quantitative estimate of drug-likeness (QED) is 0.669. The summed E-state index contributed by atoms with van der Waals surface area (Å²) in [4.78, 5) is 2.56. The third-order valence-corrected chi connectivity index (χ3v) is 4.50. The predicted molar refractivity (Wildman–Crippen MR) is 92.3 cm³/mol. The molecule has 0 spiro atoms. The first-order valence-electron chi connectivity index (χ1n) is 9.21. The molecule has 0 aliphatic heterocycles. The number of aromatic nitrogens is 3. The lowest BCUT2D eigenvalue weighted by atomic mass is 9.96. The van der Waals surface area contributed by atoms with Crippen molar-refractivity contribution in [3.05, 3.63) is 6.20 Å². The molecule has 1 aliphatic rings. The smallest absolute Gasteiger partial charge is 0.168 e. The first kappa shape index (κ1) is 17.3. The average molecular weight is 307 g/mol. The lowest BCUT2D eigenvalue weighted by molar-refractivity contribution is 0.274. The van der Waals surface area contributed by atoms with Crippen molar-refractivity contribution in [2.45, 2.75) is 71.3 Å². The zero-order valence-electron chi connectivity index (χ0n) is 14.4. The number of nitrogens with zero attached hydrogens (tertiary/aromatic N) is 4. The van der Waals surface area contributed by atoms with Crippen LogP contribution < -0.4 is 5.32 Å². The topological polar surface area (TPSA) is 46.0 Å². The maximum absolute atomic E-state index is 4.31. The summed E-state index contributed by atoms with van der Waals surface area (Å²) in [5, 5.41) is 12.0. The molecule has 22 heavy (non-hydrogen) atoms. The van der Waals surface area contributed by atoms with Crippen LogP contribution in [0.4, 0.5) is 5.82 Å². The minimum atomic E-state index is 0.571. The Kier molecular flexibility index (Phi) is 7.71. The van der Waals surface area contributed by atoms with E-state index in [0.29, 0.717) is 6.04 Å². The van der Waals surface area contributed by atoms with E-state index in [-0.39, 0.29) is 0 Å². The zero-order valence-corrected chi connectivity index (χ0v) is 14.4. The van der Waals surface area contributed by atoms with Gasteiger partial charge < -0.3 is 10.2 Å². The third kappa shape index (κ3) is 5.59. The molecule has 5 nitrogen and oxygen atoms in total. The summed E-state index contributed by atoms with van der Waals surface area (Å²) >= 11 is 0. The summed E-state index contributed by atoms with van der Waals surface area (Å²) < 4.78 is 2.07. The second-order valence-electron chi connectivity index (χ2n) is 6.50. The van der Waals surface area contributed by atoms with Crippen LogP contribution in [0.5, 0.6) is 0 Å². The number of rotatable bonds is 10. The third-order valence-electron chi connectivity index (χ3n) is 4.50. The molecule has 1 aliphatic carbocycles. The summed E-state index contributed by atoms with van der Waals surface area (Å²) in [5.41, 5.74) is 0. The van der Waals surface area contributed by atoms with Gasteiger partial charge in [0.05, 0.1) is 12.2 Å². The second-order valence-corrected chi connectivity index (χ2v) is 6.50. The first-order chi connectivity index (χ1) is 10.8. The highest BCUT2D eigenvalue weighted by atomic mass is 15.5. The number of hydrogen-bond acceptors (Lipinski definition) is 4. The fourth-order valence-electron chi connectivity index (χ4n) is 3.37. The maximum Gasteiger partial charge on any atom is 0.168 e. The molecule has 5 heteroatoms. The van der Waals surface area contributed by atoms with Gasteiger partial charge in [-0.3, -0.25) is 0 Å². The van der Waals surface area contributed by atoms with E-state index in [1.807, 2.05) is 0 Å². The average Bonchev–Trinajstić information content (AvgIpc) is 3.02. The predicted octanol–water partition coefficient (Wildman–Crippen LogP) is 3.71. The molecule has 1 heterocycles. The van der Waals surface area contributed by atoms with Gasteiger partial charge in [0.25, 0.3) is 0 Å². The molecule has 0 bridgehead atoms. The van der Waals surface area contributed by atoms with Gasteiger partial charge in [0.1, 0.15) is 0 Å². The lowest BCUT2D eigenvalue weighted by Crippen LogP contribution is -2.27. The Hall–Kier alpha value is -1.10. The Morgan fingerprint density at radius 1 is 1.14 bits per heavy atom. The summed E-state index contributed by atoms with van der Waals surface area (Å²) in [5.74, 6) is 0.933. The molecular formula is C17H33N5. The molecule has 1 N–H and O–H groups in total. The van der Waals surface area contributed by atoms with Crippen molar-refractivity contribution in [3.8, 4) is 0 Å². The molecule has 1 fully saturated rings. The van der Waals surface area contributed by atoms with Crippen molar-refractivity contribution in [3.63, 3.8) is 0 Å². The van der Waals surface area contributed by atoms with Gasteiger partial charge in [0, 0.05) is 6.54 Å². The molecule has 0 atom stereocenters. The van der Waals surface area contributed by atoms with E-state index < -0.39 is 0 Å². The van der Waals surface area contributed by atoms with Crippen LogP contribution in [0.15, 0.2) is 6.20 Å². The molecule has 1 aromatic rings. The van der Waals surface area contributed by atoms with E-state index in [9.17, 15) is 0 Å². The van der Waals surface area contributed by atoms with Crippen LogP contribution in [-0.2, 0) is 0 Å². The molecule has 0 saturated heterocycles. The van der Waals surface area contributed by atoms with Gasteiger partial charge in [-0.15, -0.1) is 5.10 Å². The molecule has 0 amide bonds. The van der Waals surface area contributed by atoms with Gasteiger partial charge in [-0.2, -0.15) is 0 Å². The van der Waals surface area contributed by atoms with Crippen molar-refractivity contribution in [2.24, 2.45) is 0 Å². The van der Waals surface area contributed by atoms with E-state index >= 15 is 0 Å². The Morgan fingerprint density at radius 2 is 1.86 bits per heavy atom. The number of anilines is 1. The zero-order chi connectivity index (χ0) is 15.6. The second kappa shape index (κ2) is 9.82. The largest absolute Gasteiger partial charge is 0.367 e. The summed E-state index contributed by atoms with van der Waals surface area (Å²) in [7, 11) is 0. The minimum absolute atomic E-state index is 0.571. The van der Waals surface area contributed by atoms with Crippen LogP contribution in [0.3, 0.4) is 0 Å². The molecule has 2 rings (SSSR count). The van der Waals surface area contributed by atoms with Crippen molar-refractivity contribution >= 4 is 5.82 Å². The van der Waals surface area contributed by atoms with Gasteiger partial charge in [0.2, 0.25) is 0 Å². The Morgan fingerprint density at radius 3 is 2.55 bits per heavy atom. The van der Waals surface area contributed by atoms with Crippen LogP contribution >= 0.6 is 0 Å². The van der Waals surface area contributed by atoms with Crippen LogP contribution in [0.2, 0.25) is 0 Å². The van der Waals surface area contributed by atoms with Crippen molar-refractivity contribution in [1.82, 2.24) is 19.9 Å². The summed E-state index contributed by atoms with van der Waals surface area (Å²) in [6, 6.07) is 0.571. The van der Waals surface area contributed by atoms with Crippen LogP contribution in [0.25, 0.3) is 0 Å². The highest BCUT2D eigenvalue weighted by Gasteiger charge is 2.16. The van der Waals surface area contributed by atoms with Crippen LogP contribution in [-0.4, -0.2) is 46.1 Å². The normalized spacial score (nSPS) is 16.3. The molecule has 0 aromatic carbocycles. The molecular weight excluding hydrogens is 274 g/mol. The summed E-state index contributed by atoms with van der Waals surface area (Å²) in [6.07, 6.45) is 12.3. The van der Waals surface area contributed by atoms with E-state index in [2.05, 4.69) is 45.3 Å². The Labute approximate surface area is 135 Å². The standard InChI is InChI=1S/C17H33N5/c1-3-12-21(13-4-2)14-8-11-18-17-15-22(20-19-17)16-9-6-5-7-10-16/h15-16,18H,3-14H2,1-2H3. The number of hydrogen-bond donors (Lipinski definition) is 1. The van der Waals surface area contributed by atoms with Gasteiger partial charge >= 0.3 is 0 Å². The van der Waals surface area contributed by atoms with Crippen molar-refractivity contribution in [2.75, 3.05) is 31.5 Å². The van der Waals surface area contributed by atoms with E-state index in [4.69, 9.17) is 0 Å². The minimum Gasteiger partial charge on any atom is -0.367 e. The molecule has 1 saturated carbocycles. The van der Waals surface area contributed by atoms with Crippen molar-refractivity contribution < 1.29 is 0 Å². The monoisotopic (exact) mass is 307 g/mol. The Bertz CT molecular complexity index is 392. The first-order valence-corrected chi connectivity index (χ1v) is 9.21. The lowest BCUT2D eigenvalue weighted by Gasteiger charge is -2.21.